The summed E-state index contributed by atoms with van der Waals surface area (Å²) in [5, 5.41) is 11.6. The van der Waals surface area contributed by atoms with E-state index in [1.807, 2.05) is 0 Å². The van der Waals surface area contributed by atoms with Crippen molar-refractivity contribution in [2.45, 2.75) is 54.9 Å². The number of aromatic nitrogens is 2. The largest absolute Gasteiger partial charge is 0.586 e. The fourth-order valence-corrected chi connectivity index (χ4v) is 7.36. The second kappa shape index (κ2) is 10.8. The summed E-state index contributed by atoms with van der Waals surface area (Å²) in [5.74, 6) is -1.41. The molecule has 1 aliphatic heterocycles. The van der Waals surface area contributed by atoms with Crippen LogP contribution >= 0.6 is 0 Å². The molecular weight excluding hydrogens is 627 g/mol. The molecule has 45 heavy (non-hydrogen) atoms. The monoisotopic (exact) mass is 650 g/mol. The van der Waals surface area contributed by atoms with E-state index in [1.165, 1.54) is 42.5 Å². The molecule has 0 fully saturated rings. The highest BCUT2D eigenvalue weighted by Crippen LogP contribution is 2.45. The molecule has 2 aliphatic rings. The molecule has 1 aliphatic carbocycles. The number of benzene rings is 3. The molecule has 1 unspecified atom stereocenters. The normalized spacial score (nSPS) is 17.9. The van der Waals surface area contributed by atoms with Crippen LogP contribution in [0.15, 0.2) is 71.6 Å². The molecule has 1 N–H and O–H groups in total. The third-order valence-electron chi connectivity index (χ3n) is 7.56. The number of halogens is 5. The molecule has 2 heterocycles. The molecule has 9 nitrogen and oxygen atoms in total. The van der Waals surface area contributed by atoms with Crippen molar-refractivity contribution in [1.82, 2.24) is 9.78 Å². The van der Waals surface area contributed by atoms with Crippen LogP contribution in [0.1, 0.15) is 64.0 Å². The number of alkyl halides is 5. The number of rotatable bonds is 7. The van der Waals surface area contributed by atoms with Crippen molar-refractivity contribution in [3.63, 3.8) is 0 Å². The molecular formula is C30H23F5N2O7S. The summed E-state index contributed by atoms with van der Waals surface area (Å²) in [6.07, 6.45) is -9.29. The lowest BCUT2D eigenvalue weighted by Gasteiger charge is -2.25. The van der Waals surface area contributed by atoms with Gasteiger partial charge in [0.1, 0.15) is 17.1 Å². The van der Waals surface area contributed by atoms with Crippen LogP contribution in [0.3, 0.4) is 0 Å². The van der Waals surface area contributed by atoms with E-state index in [0.717, 1.165) is 28.9 Å². The number of carboxylic acids is 1. The van der Waals surface area contributed by atoms with Gasteiger partial charge in [-0.05, 0) is 80.3 Å². The average Bonchev–Trinajstić information content (AvgIpc) is 3.53. The van der Waals surface area contributed by atoms with Gasteiger partial charge >= 0.3 is 18.4 Å². The van der Waals surface area contributed by atoms with Crippen LogP contribution in [0.2, 0.25) is 0 Å². The summed E-state index contributed by atoms with van der Waals surface area (Å²) in [4.78, 5) is 11.0. The lowest BCUT2D eigenvalue weighted by molar-refractivity contribution is -0.286. The van der Waals surface area contributed by atoms with Gasteiger partial charge in [0.2, 0.25) is 0 Å². The van der Waals surface area contributed by atoms with E-state index < -0.39 is 45.3 Å². The Morgan fingerprint density at radius 2 is 1.78 bits per heavy atom. The maximum Gasteiger partial charge on any atom is 0.586 e. The highest BCUT2D eigenvalue weighted by Gasteiger charge is 2.45. The Morgan fingerprint density at radius 1 is 1.07 bits per heavy atom. The van der Waals surface area contributed by atoms with Crippen LogP contribution in [0.5, 0.6) is 17.2 Å². The lowest BCUT2D eigenvalue weighted by Crippen LogP contribution is -2.25. The van der Waals surface area contributed by atoms with E-state index >= 15 is 0 Å². The van der Waals surface area contributed by atoms with Crippen molar-refractivity contribution >= 4 is 15.8 Å². The number of hydrogen-bond acceptors (Lipinski definition) is 7. The van der Waals surface area contributed by atoms with Gasteiger partial charge in [-0.3, -0.25) is 0 Å². The Balaban J connectivity index is 1.37. The highest BCUT2D eigenvalue weighted by molar-refractivity contribution is 7.91. The van der Waals surface area contributed by atoms with Gasteiger partial charge < -0.3 is 19.3 Å². The van der Waals surface area contributed by atoms with Gasteiger partial charge in [-0.2, -0.15) is 18.3 Å². The minimum absolute atomic E-state index is 0.00932. The van der Waals surface area contributed by atoms with E-state index in [2.05, 4.69) is 14.6 Å². The number of carbonyl (C=O) groups is 1. The fourth-order valence-electron chi connectivity index (χ4n) is 5.50. The zero-order valence-electron chi connectivity index (χ0n) is 23.2. The van der Waals surface area contributed by atoms with Gasteiger partial charge in [0.15, 0.2) is 27.0 Å². The molecule has 0 saturated heterocycles. The number of aromatic carboxylic acids is 1. The van der Waals surface area contributed by atoms with Crippen LogP contribution in [0.25, 0.3) is 5.69 Å². The molecule has 0 amide bonds. The van der Waals surface area contributed by atoms with Gasteiger partial charge in [0.05, 0.1) is 21.8 Å². The third-order valence-corrected chi connectivity index (χ3v) is 9.70. The van der Waals surface area contributed by atoms with Crippen LogP contribution in [-0.4, -0.2) is 35.6 Å². The predicted molar refractivity (Wildman–Crippen MR) is 147 cm³/mol. The second-order valence-corrected chi connectivity index (χ2v) is 12.6. The minimum atomic E-state index is -4.87. The summed E-state index contributed by atoms with van der Waals surface area (Å²) in [6, 6.07) is 14.5. The highest BCUT2D eigenvalue weighted by atomic mass is 32.2. The van der Waals surface area contributed by atoms with Gasteiger partial charge in [-0.15, -0.1) is 8.78 Å². The maximum absolute atomic E-state index is 14.2. The van der Waals surface area contributed by atoms with Gasteiger partial charge in [0, 0.05) is 11.6 Å². The summed E-state index contributed by atoms with van der Waals surface area (Å²) < 4.78 is 113. The lowest BCUT2D eigenvalue weighted by atomic mass is 9.95. The number of hydrogen-bond donors (Lipinski definition) is 1. The number of nitrogens with zero attached hydrogens (tertiary/aromatic N) is 2. The molecule has 15 heteroatoms. The Labute approximate surface area is 252 Å². The zero-order chi connectivity index (χ0) is 32.3. The fraction of sp³-hybridized carbons (Fsp3) is 0.267. The molecule has 0 saturated carbocycles. The summed E-state index contributed by atoms with van der Waals surface area (Å²) in [7, 11) is -4.29. The van der Waals surface area contributed by atoms with Crippen molar-refractivity contribution < 1.29 is 54.5 Å². The number of ether oxygens (including phenoxy) is 3. The molecule has 0 spiro atoms. The summed E-state index contributed by atoms with van der Waals surface area (Å²) in [5.41, 5.74) is -1.18. The maximum atomic E-state index is 14.2. The van der Waals surface area contributed by atoms with Gasteiger partial charge in [0.25, 0.3) is 0 Å². The summed E-state index contributed by atoms with van der Waals surface area (Å²) >= 11 is 0. The van der Waals surface area contributed by atoms with Crippen molar-refractivity contribution in [2.75, 3.05) is 0 Å². The first-order valence-electron chi connectivity index (χ1n) is 13.6. The molecule has 0 bridgehead atoms. The first kappa shape index (κ1) is 30.4. The Hall–Kier alpha value is -4.66. The first-order valence-corrected chi connectivity index (χ1v) is 15.1. The Morgan fingerprint density at radius 3 is 2.47 bits per heavy atom. The van der Waals surface area contributed by atoms with E-state index in [-0.39, 0.29) is 63.9 Å². The van der Waals surface area contributed by atoms with Crippen molar-refractivity contribution in [1.29, 1.82) is 0 Å². The standard InChI is InChI=1S/C30H23F5N2O7S/c1-16(18-10-13-23-24(14-18)44-30(34,35)43-23)42-20-5-2-4-19(15-20)37-26-22(27(36-37)29(31,32)33)6-3-7-25(26)45(40,41)21-11-8-17(9-12-21)28(38)39/h2,4-5,8-16,25H,3,6-7H2,1H3,(H,38,39)/t16-,25?/m0/s1. The molecule has 236 valence electrons. The predicted octanol–water partition coefficient (Wildman–Crippen LogP) is 6.90. The van der Waals surface area contributed by atoms with E-state index in [4.69, 9.17) is 4.74 Å². The van der Waals surface area contributed by atoms with Crippen LogP contribution in [0, 0.1) is 0 Å². The third kappa shape index (κ3) is 5.67. The van der Waals surface area contributed by atoms with Crippen LogP contribution < -0.4 is 14.2 Å². The SMILES string of the molecule is C[C@H](Oc1cccc(-n2nc(C(F)(F)F)c3c2C(S(=O)(=O)c2ccc(C(=O)O)cc2)CCC3)c1)c1ccc2c(c1)OC(F)(F)O2. The summed E-state index contributed by atoms with van der Waals surface area (Å²) in [6.45, 7) is 1.62. The molecule has 4 aromatic rings. The van der Waals surface area contributed by atoms with E-state index in [0.29, 0.717) is 5.56 Å². The van der Waals surface area contributed by atoms with E-state index in [1.54, 1.807) is 6.92 Å². The Kier molecular flexibility index (Phi) is 7.26. The Bertz CT molecular complexity index is 1910. The van der Waals surface area contributed by atoms with Crippen molar-refractivity contribution in [3.05, 3.63) is 94.8 Å². The van der Waals surface area contributed by atoms with Crippen molar-refractivity contribution in [3.8, 4) is 22.9 Å². The van der Waals surface area contributed by atoms with Crippen LogP contribution in [0.4, 0.5) is 22.0 Å². The number of carboxylic acid groups (broad SMARTS) is 1. The second-order valence-electron chi connectivity index (χ2n) is 10.5. The zero-order valence-corrected chi connectivity index (χ0v) is 24.0. The minimum Gasteiger partial charge on any atom is -0.486 e. The van der Waals surface area contributed by atoms with Crippen molar-refractivity contribution in [2.24, 2.45) is 0 Å². The molecule has 6 rings (SSSR count). The molecule has 3 aromatic carbocycles. The van der Waals surface area contributed by atoms with Gasteiger partial charge in [-0.25, -0.2) is 17.9 Å². The molecule has 0 radical (unpaired) electrons. The molecule has 1 aromatic heterocycles. The topological polar surface area (TPSA) is 117 Å². The first-order chi connectivity index (χ1) is 21.1. The van der Waals surface area contributed by atoms with E-state index in [9.17, 15) is 40.3 Å². The molecule has 2 atom stereocenters. The average molecular weight is 651 g/mol. The van der Waals surface area contributed by atoms with Gasteiger partial charge in [-0.1, -0.05) is 12.1 Å². The van der Waals surface area contributed by atoms with Crippen LogP contribution in [-0.2, 0) is 22.4 Å². The quantitative estimate of drug-likeness (QED) is 0.215. The number of sulfone groups is 1. The smallest absolute Gasteiger partial charge is 0.486 e. The number of fused-ring (bicyclic) bond motifs is 2.